The summed E-state index contributed by atoms with van der Waals surface area (Å²) in [6.07, 6.45) is 0. The highest BCUT2D eigenvalue weighted by Crippen LogP contribution is 2.33. The molecule has 0 unspecified atom stereocenters. The third-order valence-corrected chi connectivity index (χ3v) is 7.96. The Morgan fingerprint density at radius 1 is 0.737 bits per heavy atom. The van der Waals surface area contributed by atoms with Gasteiger partial charge < -0.3 is 4.74 Å². The Hall–Kier alpha value is -4.57. The van der Waals surface area contributed by atoms with Crippen LogP contribution in [0, 0.1) is 34.1 Å². The van der Waals surface area contributed by atoms with Gasteiger partial charge in [-0.1, -0.05) is 12.1 Å². The molecule has 0 atom stereocenters. The Morgan fingerprint density at radius 2 is 1.18 bits per heavy atom. The zero-order chi connectivity index (χ0) is 28.4. The number of rotatable bonds is 9. The van der Waals surface area contributed by atoms with Crippen LogP contribution in [0.3, 0.4) is 0 Å². The fourth-order valence-corrected chi connectivity index (χ4v) is 5.81. The molecule has 2 N–H and O–H groups in total. The number of aryl methyl sites for hydroxylation is 2. The smallest absolute Gasteiger partial charge is 0.337 e. The fourth-order valence-electron chi connectivity index (χ4n) is 3.36. The predicted octanol–water partition coefficient (Wildman–Crippen LogP) is 3.51. The zero-order valence-electron chi connectivity index (χ0n) is 20.0. The number of nitro benzene ring substituents is 2. The standard InChI is InChI=1S/C22H20N4O10S2/c1-13-4-8-20(18(10-13)25(28)29)37(32,33)23-16-7-6-15(22(27)36-3)12-17(16)24-38(34,35)21-9-5-14(2)11-19(21)26(30)31/h4-12,23-24H,1-3H3. The van der Waals surface area contributed by atoms with Crippen LogP contribution in [0.1, 0.15) is 21.5 Å². The normalized spacial score (nSPS) is 11.4. The maximum absolute atomic E-state index is 13.2. The zero-order valence-corrected chi connectivity index (χ0v) is 21.6. The lowest BCUT2D eigenvalue weighted by molar-refractivity contribution is -0.388. The number of nitrogens with one attached hydrogen (secondary N) is 2. The Balaban J connectivity index is 2.15. The van der Waals surface area contributed by atoms with Gasteiger partial charge in [0.2, 0.25) is 0 Å². The number of hydrogen-bond acceptors (Lipinski definition) is 10. The van der Waals surface area contributed by atoms with Gasteiger partial charge in [-0.2, -0.15) is 0 Å². The van der Waals surface area contributed by atoms with Crippen LogP contribution in [0.2, 0.25) is 0 Å². The van der Waals surface area contributed by atoms with E-state index in [1.54, 1.807) is 0 Å². The quantitative estimate of drug-likeness (QED) is 0.220. The molecule has 0 heterocycles. The van der Waals surface area contributed by atoms with Crippen molar-refractivity contribution < 1.29 is 36.2 Å². The number of methoxy groups -OCH3 is 1. The highest BCUT2D eigenvalue weighted by molar-refractivity contribution is 7.93. The highest BCUT2D eigenvalue weighted by atomic mass is 32.2. The average molecular weight is 565 g/mol. The van der Waals surface area contributed by atoms with Gasteiger partial charge in [-0.25, -0.2) is 21.6 Å². The molecule has 14 nitrogen and oxygen atoms in total. The van der Waals surface area contributed by atoms with Crippen molar-refractivity contribution in [3.63, 3.8) is 0 Å². The molecule has 0 spiro atoms. The van der Waals surface area contributed by atoms with Crippen LogP contribution in [0.15, 0.2) is 64.4 Å². The number of carbonyl (C=O) groups is 1. The van der Waals surface area contributed by atoms with Crippen LogP contribution in [0.5, 0.6) is 0 Å². The molecule has 16 heteroatoms. The lowest BCUT2D eigenvalue weighted by atomic mass is 10.2. The number of sulfonamides is 2. The minimum absolute atomic E-state index is 0.187. The molecule has 0 aliphatic heterocycles. The lowest BCUT2D eigenvalue weighted by Crippen LogP contribution is -2.19. The molecule has 0 fully saturated rings. The molecule has 3 aromatic rings. The second-order valence-electron chi connectivity index (χ2n) is 7.92. The second-order valence-corrected chi connectivity index (χ2v) is 11.2. The Labute approximate surface area is 216 Å². The molecule has 0 saturated heterocycles. The summed E-state index contributed by atoms with van der Waals surface area (Å²) in [6, 6.07) is 9.87. The van der Waals surface area contributed by atoms with Crippen molar-refractivity contribution >= 4 is 48.8 Å². The number of nitro groups is 2. The van der Waals surface area contributed by atoms with Crippen LogP contribution < -0.4 is 9.44 Å². The van der Waals surface area contributed by atoms with E-state index in [4.69, 9.17) is 0 Å². The van der Waals surface area contributed by atoms with Gasteiger partial charge in [0.05, 0.1) is 33.9 Å². The number of anilines is 2. The Bertz CT molecular complexity index is 1690. The molecule has 0 saturated carbocycles. The summed E-state index contributed by atoms with van der Waals surface area (Å²) in [5.74, 6) is -0.893. The largest absolute Gasteiger partial charge is 0.465 e. The first-order chi connectivity index (χ1) is 17.7. The topological polar surface area (TPSA) is 205 Å². The molecule has 200 valence electrons. The van der Waals surface area contributed by atoms with E-state index in [1.807, 2.05) is 0 Å². The van der Waals surface area contributed by atoms with Crippen molar-refractivity contribution in [2.24, 2.45) is 0 Å². The summed E-state index contributed by atoms with van der Waals surface area (Å²) < 4.78 is 61.3. The molecule has 0 aliphatic rings. The maximum Gasteiger partial charge on any atom is 0.337 e. The van der Waals surface area contributed by atoms with Crippen molar-refractivity contribution in [1.29, 1.82) is 0 Å². The fraction of sp³-hybridized carbons (Fsp3) is 0.136. The number of ether oxygens (including phenoxy) is 1. The Morgan fingerprint density at radius 3 is 1.61 bits per heavy atom. The third kappa shape index (κ3) is 5.87. The van der Waals surface area contributed by atoms with Crippen molar-refractivity contribution in [3.8, 4) is 0 Å². The van der Waals surface area contributed by atoms with Gasteiger partial charge in [-0.3, -0.25) is 29.7 Å². The summed E-state index contributed by atoms with van der Waals surface area (Å²) in [4.78, 5) is 31.8. The molecular weight excluding hydrogens is 544 g/mol. The van der Waals surface area contributed by atoms with Crippen LogP contribution in [-0.4, -0.2) is 39.8 Å². The van der Waals surface area contributed by atoms with Crippen LogP contribution in [0.25, 0.3) is 0 Å². The van der Waals surface area contributed by atoms with E-state index >= 15 is 0 Å². The molecule has 3 aromatic carbocycles. The van der Waals surface area contributed by atoms with Crippen LogP contribution in [0.4, 0.5) is 22.7 Å². The van der Waals surface area contributed by atoms with Gasteiger partial charge in [-0.15, -0.1) is 0 Å². The molecule has 0 aromatic heterocycles. The molecule has 0 aliphatic carbocycles. The molecule has 0 radical (unpaired) electrons. The minimum atomic E-state index is -4.71. The highest BCUT2D eigenvalue weighted by Gasteiger charge is 2.30. The predicted molar refractivity (Wildman–Crippen MR) is 135 cm³/mol. The molecular formula is C22H20N4O10S2. The Kier molecular flexibility index (Phi) is 7.69. The van der Waals surface area contributed by atoms with E-state index in [1.165, 1.54) is 26.0 Å². The molecule has 0 amide bonds. The summed E-state index contributed by atoms with van der Waals surface area (Å²) in [6.45, 7) is 3.05. The van der Waals surface area contributed by atoms with Gasteiger partial charge in [0, 0.05) is 12.1 Å². The number of carbonyl (C=O) groups excluding carboxylic acids is 1. The summed E-state index contributed by atoms with van der Waals surface area (Å²) in [5.41, 5.74) is -1.73. The minimum Gasteiger partial charge on any atom is -0.465 e. The SMILES string of the molecule is COC(=O)c1ccc(NS(=O)(=O)c2ccc(C)cc2[N+](=O)[O-])c(NS(=O)(=O)c2ccc(C)cc2[N+](=O)[O-])c1. The third-order valence-electron chi connectivity index (χ3n) is 5.13. The van der Waals surface area contributed by atoms with E-state index < -0.39 is 68.4 Å². The van der Waals surface area contributed by atoms with Gasteiger partial charge >= 0.3 is 5.97 Å². The average Bonchev–Trinajstić information content (AvgIpc) is 2.83. The van der Waals surface area contributed by atoms with Gasteiger partial charge in [0.1, 0.15) is 0 Å². The second kappa shape index (κ2) is 10.4. The first-order valence-electron chi connectivity index (χ1n) is 10.4. The van der Waals surface area contributed by atoms with E-state index in [0.717, 1.165) is 49.6 Å². The molecule has 38 heavy (non-hydrogen) atoms. The summed E-state index contributed by atoms with van der Waals surface area (Å²) in [5, 5.41) is 22.9. The first kappa shape index (κ1) is 28.0. The monoisotopic (exact) mass is 564 g/mol. The van der Waals surface area contributed by atoms with Crippen LogP contribution in [-0.2, 0) is 24.8 Å². The van der Waals surface area contributed by atoms with Crippen molar-refractivity contribution in [2.75, 3.05) is 16.6 Å². The van der Waals surface area contributed by atoms with Crippen LogP contribution >= 0.6 is 0 Å². The van der Waals surface area contributed by atoms with Crippen molar-refractivity contribution in [2.45, 2.75) is 23.6 Å². The molecule has 3 rings (SSSR count). The van der Waals surface area contributed by atoms with Gasteiger partial charge in [-0.05, 0) is 55.3 Å². The number of benzene rings is 3. The van der Waals surface area contributed by atoms with E-state index in [0.29, 0.717) is 11.1 Å². The first-order valence-corrected chi connectivity index (χ1v) is 13.4. The molecule has 0 bridgehead atoms. The summed E-state index contributed by atoms with van der Waals surface area (Å²) in [7, 11) is -8.31. The van der Waals surface area contributed by atoms with Crippen molar-refractivity contribution in [1.82, 2.24) is 0 Å². The number of esters is 1. The van der Waals surface area contributed by atoms with Crippen molar-refractivity contribution in [3.05, 3.63) is 91.5 Å². The lowest BCUT2D eigenvalue weighted by Gasteiger charge is -2.16. The summed E-state index contributed by atoms with van der Waals surface area (Å²) >= 11 is 0. The van der Waals surface area contributed by atoms with E-state index in [-0.39, 0.29) is 5.56 Å². The van der Waals surface area contributed by atoms with E-state index in [2.05, 4.69) is 14.2 Å². The number of hydrogen-bond donors (Lipinski definition) is 2. The maximum atomic E-state index is 13.2. The number of nitrogens with zero attached hydrogens (tertiary/aromatic N) is 2. The van der Waals surface area contributed by atoms with Gasteiger partial charge in [0.15, 0.2) is 9.79 Å². The van der Waals surface area contributed by atoms with E-state index in [9.17, 15) is 41.9 Å². The van der Waals surface area contributed by atoms with Gasteiger partial charge in [0.25, 0.3) is 31.4 Å².